The van der Waals surface area contributed by atoms with Gasteiger partial charge in [-0.1, -0.05) is 13.8 Å². The van der Waals surface area contributed by atoms with Gasteiger partial charge in [0.05, 0.1) is 12.4 Å². The molecule has 1 unspecified atom stereocenters. The minimum Gasteiger partial charge on any atom is -0.494 e. The number of nitrogens with two attached hydrogens (primary N) is 1. The molecule has 1 aromatic rings. The minimum absolute atomic E-state index is 0.149. The van der Waals surface area contributed by atoms with Gasteiger partial charge >= 0.3 is 0 Å². The van der Waals surface area contributed by atoms with Gasteiger partial charge in [0.15, 0.2) is 0 Å². The number of hydrogen-bond acceptors (Lipinski definition) is 3. The lowest BCUT2D eigenvalue weighted by Gasteiger charge is -2.12. The third kappa shape index (κ3) is 3.52. The summed E-state index contributed by atoms with van der Waals surface area (Å²) in [6.45, 7) is 6.43. The Morgan fingerprint density at radius 1 is 1.44 bits per heavy atom. The maximum atomic E-state index is 11.8. The molecule has 16 heavy (non-hydrogen) atoms. The van der Waals surface area contributed by atoms with Gasteiger partial charge in [-0.05, 0) is 25.1 Å². The fourth-order valence-electron chi connectivity index (χ4n) is 1.33. The maximum Gasteiger partial charge on any atom is 0.123 e. The van der Waals surface area contributed by atoms with Crippen molar-refractivity contribution in [2.75, 3.05) is 12.3 Å². The summed E-state index contributed by atoms with van der Waals surface area (Å²) < 4.78 is 17.3. The molecular formula is C12H19NO2S. The molecule has 0 aliphatic heterocycles. The lowest BCUT2D eigenvalue weighted by atomic mass is 10.2. The molecule has 0 aliphatic carbocycles. The van der Waals surface area contributed by atoms with Crippen LogP contribution in [0, 0.1) is 0 Å². The van der Waals surface area contributed by atoms with Gasteiger partial charge in [-0.3, -0.25) is 4.21 Å². The molecule has 1 aromatic carbocycles. The largest absolute Gasteiger partial charge is 0.494 e. The molecule has 0 heterocycles. The smallest absolute Gasteiger partial charge is 0.123 e. The predicted octanol–water partition coefficient (Wildman–Crippen LogP) is 2.32. The predicted molar refractivity (Wildman–Crippen MR) is 69.0 cm³/mol. The average Bonchev–Trinajstić information content (AvgIpc) is 2.22. The van der Waals surface area contributed by atoms with Crippen LogP contribution in [0.1, 0.15) is 26.3 Å². The molecule has 0 saturated heterocycles. The minimum atomic E-state index is -0.880. The number of benzene rings is 1. The molecule has 0 bridgehead atoms. The fraction of sp³-hybridized carbons (Fsp3) is 0.500. The highest BCUT2D eigenvalue weighted by atomic mass is 32.2. The first kappa shape index (κ1) is 13.0. The second-order valence-electron chi connectivity index (χ2n) is 3.87. The Morgan fingerprint density at radius 3 is 2.69 bits per heavy atom. The molecule has 4 heteroatoms. The third-order valence-electron chi connectivity index (χ3n) is 2.21. The summed E-state index contributed by atoms with van der Waals surface area (Å²) in [5, 5.41) is 0.149. The molecule has 0 amide bonds. The Kier molecular flexibility index (Phi) is 4.80. The number of ether oxygens (including phenoxy) is 1. The van der Waals surface area contributed by atoms with Crippen LogP contribution < -0.4 is 10.5 Å². The van der Waals surface area contributed by atoms with E-state index < -0.39 is 10.8 Å². The van der Waals surface area contributed by atoms with E-state index in [1.54, 1.807) is 6.07 Å². The Labute approximate surface area is 99.4 Å². The molecule has 90 valence electrons. The van der Waals surface area contributed by atoms with Gasteiger partial charge in [0.25, 0.3) is 0 Å². The van der Waals surface area contributed by atoms with Gasteiger partial charge < -0.3 is 10.5 Å². The van der Waals surface area contributed by atoms with E-state index in [1.165, 1.54) is 0 Å². The highest BCUT2D eigenvalue weighted by molar-refractivity contribution is 7.84. The molecule has 0 spiro atoms. The molecule has 0 saturated carbocycles. The van der Waals surface area contributed by atoms with E-state index in [2.05, 4.69) is 0 Å². The van der Waals surface area contributed by atoms with Crippen LogP contribution in [0.5, 0.6) is 5.75 Å². The van der Waals surface area contributed by atoms with Crippen molar-refractivity contribution >= 4 is 16.5 Å². The normalized spacial score (nSPS) is 12.8. The number of hydrogen-bond donors (Lipinski definition) is 1. The molecular weight excluding hydrogens is 222 g/mol. The molecule has 0 aromatic heterocycles. The van der Waals surface area contributed by atoms with E-state index in [0.717, 1.165) is 11.3 Å². The van der Waals surface area contributed by atoms with Gasteiger partial charge in [-0.15, -0.1) is 0 Å². The monoisotopic (exact) mass is 241 g/mol. The van der Waals surface area contributed by atoms with Crippen LogP contribution in [0.2, 0.25) is 0 Å². The molecule has 0 aliphatic rings. The van der Waals surface area contributed by atoms with Crippen molar-refractivity contribution in [3.05, 3.63) is 23.8 Å². The van der Waals surface area contributed by atoms with Crippen LogP contribution >= 0.6 is 0 Å². The quantitative estimate of drug-likeness (QED) is 0.805. The second kappa shape index (κ2) is 5.89. The van der Waals surface area contributed by atoms with E-state index in [4.69, 9.17) is 10.5 Å². The summed E-state index contributed by atoms with van der Waals surface area (Å²) in [6, 6.07) is 5.48. The van der Waals surface area contributed by atoms with E-state index in [1.807, 2.05) is 32.9 Å². The molecule has 1 atom stereocenters. The van der Waals surface area contributed by atoms with Crippen molar-refractivity contribution < 1.29 is 8.95 Å². The topological polar surface area (TPSA) is 52.3 Å². The first-order valence-electron chi connectivity index (χ1n) is 5.43. The Bertz CT molecular complexity index is 377. The molecule has 0 radical (unpaired) electrons. The van der Waals surface area contributed by atoms with Crippen LogP contribution in [0.25, 0.3) is 0 Å². The summed E-state index contributed by atoms with van der Waals surface area (Å²) in [4.78, 5) is 0. The molecule has 0 fully saturated rings. The SMILES string of the molecule is CCOc1ccc(N)cc1CS(=O)C(C)C. The first-order chi connectivity index (χ1) is 7.54. The molecule has 2 N–H and O–H groups in total. The highest BCUT2D eigenvalue weighted by Gasteiger charge is 2.11. The number of nitrogen functional groups attached to an aromatic ring is 1. The zero-order valence-electron chi connectivity index (χ0n) is 10.0. The van der Waals surface area contributed by atoms with Crippen LogP contribution in [-0.4, -0.2) is 16.1 Å². The van der Waals surface area contributed by atoms with Crippen LogP contribution in [-0.2, 0) is 16.6 Å². The van der Waals surface area contributed by atoms with Crippen molar-refractivity contribution in [1.82, 2.24) is 0 Å². The fourth-order valence-corrected chi connectivity index (χ4v) is 2.19. The van der Waals surface area contributed by atoms with Crippen molar-refractivity contribution in [3.8, 4) is 5.75 Å². The van der Waals surface area contributed by atoms with E-state index >= 15 is 0 Å². The number of anilines is 1. The average molecular weight is 241 g/mol. The van der Waals surface area contributed by atoms with E-state index in [9.17, 15) is 4.21 Å². The van der Waals surface area contributed by atoms with Crippen molar-refractivity contribution in [2.45, 2.75) is 31.8 Å². The van der Waals surface area contributed by atoms with Crippen molar-refractivity contribution in [2.24, 2.45) is 0 Å². The van der Waals surface area contributed by atoms with Crippen molar-refractivity contribution in [3.63, 3.8) is 0 Å². The second-order valence-corrected chi connectivity index (χ2v) is 5.87. The lowest BCUT2D eigenvalue weighted by Crippen LogP contribution is -2.09. The first-order valence-corrected chi connectivity index (χ1v) is 6.81. The maximum absolute atomic E-state index is 11.8. The molecule has 1 rings (SSSR count). The van der Waals surface area contributed by atoms with Gasteiger partial charge in [0.1, 0.15) is 5.75 Å². The Balaban J connectivity index is 2.91. The molecule has 3 nitrogen and oxygen atoms in total. The van der Waals surface area contributed by atoms with Gasteiger partial charge in [0, 0.05) is 27.3 Å². The van der Waals surface area contributed by atoms with Gasteiger partial charge in [-0.2, -0.15) is 0 Å². The Morgan fingerprint density at radius 2 is 2.12 bits per heavy atom. The summed E-state index contributed by atoms with van der Waals surface area (Å²) in [7, 11) is -0.880. The number of rotatable bonds is 5. The van der Waals surface area contributed by atoms with Crippen LogP contribution in [0.15, 0.2) is 18.2 Å². The summed E-state index contributed by atoms with van der Waals surface area (Å²) in [5.74, 6) is 1.28. The van der Waals surface area contributed by atoms with E-state index in [0.29, 0.717) is 18.0 Å². The van der Waals surface area contributed by atoms with Crippen LogP contribution in [0.3, 0.4) is 0 Å². The zero-order valence-corrected chi connectivity index (χ0v) is 10.8. The third-order valence-corrected chi connectivity index (χ3v) is 3.86. The summed E-state index contributed by atoms with van der Waals surface area (Å²) in [5.41, 5.74) is 7.33. The lowest BCUT2D eigenvalue weighted by molar-refractivity contribution is 0.337. The summed E-state index contributed by atoms with van der Waals surface area (Å²) in [6.07, 6.45) is 0. The van der Waals surface area contributed by atoms with E-state index in [-0.39, 0.29) is 5.25 Å². The van der Waals surface area contributed by atoms with Gasteiger partial charge in [-0.25, -0.2) is 0 Å². The van der Waals surface area contributed by atoms with Gasteiger partial charge in [0.2, 0.25) is 0 Å². The zero-order chi connectivity index (χ0) is 12.1. The van der Waals surface area contributed by atoms with Crippen molar-refractivity contribution in [1.29, 1.82) is 0 Å². The van der Waals surface area contributed by atoms with Crippen LogP contribution in [0.4, 0.5) is 5.69 Å². The Hall–Kier alpha value is -1.03. The standard InChI is InChI=1S/C12H19NO2S/c1-4-15-12-6-5-11(13)7-10(12)8-16(14)9(2)3/h5-7,9H,4,8,13H2,1-3H3. The highest BCUT2D eigenvalue weighted by Crippen LogP contribution is 2.23. The summed E-state index contributed by atoms with van der Waals surface area (Å²) >= 11 is 0.